The molecular formula is C7H15NS. The van der Waals surface area contributed by atoms with Gasteiger partial charge in [0.25, 0.3) is 0 Å². The lowest BCUT2D eigenvalue weighted by Gasteiger charge is -2.07. The van der Waals surface area contributed by atoms with Crippen molar-refractivity contribution in [3.05, 3.63) is 12.3 Å². The lowest BCUT2D eigenvalue weighted by Crippen LogP contribution is -2.09. The number of rotatable bonds is 4. The zero-order valence-corrected chi connectivity index (χ0v) is 6.82. The van der Waals surface area contributed by atoms with Crippen LogP contribution in [0, 0.1) is 0 Å². The smallest absolute Gasteiger partial charge is 0.0406 e. The number of hydrogen-bond donors (Lipinski definition) is 2. The molecule has 0 radical (unpaired) electrons. The average Bonchev–Trinajstić information content (AvgIpc) is 1.82. The Labute approximate surface area is 62.7 Å². The molecule has 1 atom stereocenters. The second kappa shape index (κ2) is 4.74. The molecule has 0 amide bonds. The molecule has 2 heteroatoms. The molecule has 54 valence electrons. The minimum atomic E-state index is 0.199. The largest absolute Gasteiger partial charge is 0.402 e. The zero-order valence-electron chi connectivity index (χ0n) is 5.93. The Morgan fingerprint density at radius 2 is 2.33 bits per heavy atom. The second-order valence-corrected chi connectivity index (χ2v) is 2.86. The maximum absolute atomic E-state index is 5.41. The van der Waals surface area contributed by atoms with Crippen molar-refractivity contribution in [2.24, 2.45) is 5.73 Å². The third-order valence-electron chi connectivity index (χ3n) is 1.26. The molecule has 0 saturated carbocycles. The first-order valence-electron chi connectivity index (χ1n) is 3.30. The summed E-state index contributed by atoms with van der Waals surface area (Å²) in [5.41, 5.74) is 6.09. The van der Waals surface area contributed by atoms with Crippen molar-refractivity contribution in [2.75, 3.05) is 0 Å². The first-order chi connectivity index (χ1) is 4.18. The Morgan fingerprint density at radius 3 is 2.67 bits per heavy atom. The van der Waals surface area contributed by atoms with Crippen LogP contribution in [0.4, 0.5) is 0 Å². The summed E-state index contributed by atoms with van der Waals surface area (Å²) in [4.78, 5) is 0. The van der Waals surface area contributed by atoms with Gasteiger partial charge in [-0.25, -0.2) is 0 Å². The van der Waals surface area contributed by atoms with Gasteiger partial charge in [0.15, 0.2) is 0 Å². The van der Waals surface area contributed by atoms with E-state index in [1.165, 1.54) is 12.8 Å². The summed E-state index contributed by atoms with van der Waals surface area (Å²) in [6, 6.07) is 0. The van der Waals surface area contributed by atoms with E-state index < -0.39 is 0 Å². The van der Waals surface area contributed by atoms with E-state index in [4.69, 9.17) is 5.73 Å². The standard InChI is InChI=1S/C7H15NS/c1-3-4-5-7(9)6(2)8/h7,9H,2-5,8H2,1H3. The highest BCUT2D eigenvalue weighted by atomic mass is 32.1. The molecule has 0 spiro atoms. The summed E-state index contributed by atoms with van der Waals surface area (Å²) in [5.74, 6) is 0. The molecule has 0 bridgehead atoms. The van der Waals surface area contributed by atoms with E-state index in [1.807, 2.05) is 0 Å². The molecule has 0 rings (SSSR count). The Balaban J connectivity index is 3.27. The van der Waals surface area contributed by atoms with Crippen LogP contribution in [0.25, 0.3) is 0 Å². The molecule has 0 aliphatic rings. The van der Waals surface area contributed by atoms with Crippen LogP contribution in [-0.2, 0) is 0 Å². The van der Waals surface area contributed by atoms with Crippen LogP contribution in [-0.4, -0.2) is 5.25 Å². The fourth-order valence-electron chi connectivity index (χ4n) is 0.583. The van der Waals surface area contributed by atoms with Gasteiger partial charge in [-0.15, -0.1) is 0 Å². The molecule has 0 aromatic heterocycles. The van der Waals surface area contributed by atoms with Crippen LogP contribution >= 0.6 is 12.6 Å². The molecule has 0 aliphatic heterocycles. The van der Waals surface area contributed by atoms with Gasteiger partial charge in [-0.1, -0.05) is 26.3 Å². The molecule has 0 aromatic carbocycles. The lowest BCUT2D eigenvalue weighted by atomic mass is 10.2. The normalized spacial score (nSPS) is 13.1. The van der Waals surface area contributed by atoms with E-state index in [0.29, 0.717) is 5.70 Å². The van der Waals surface area contributed by atoms with Gasteiger partial charge in [0.05, 0.1) is 0 Å². The van der Waals surface area contributed by atoms with Crippen molar-refractivity contribution in [1.29, 1.82) is 0 Å². The van der Waals surface area contributed by atoms with E-state index in [-0.39, 0.29) is 5.25 Å². The molecule has 2 N–H and O–H groups in total. The number of hydrogen-bond acceptors (Lipinski definition) is 2. The third kappa shape index (κ3) is 4.40. The maximum Gasteiger partial charge on any atom is 0.0406 e. The average molecular weight is 145 g/mol. The zero-order chi connectivity index (χ0) is 7.28. The summed E-state index contributed by atoms with van der Waals surface area (Å²) in [7, 11) is 0. The van der Waals surface area contributed by atoms with Crippen molar-refractivity contribution < 1.29 is 0 Å². The molecule has 0 aromatic rings. The second-order valence-electron chi connectivity index (χ2n) is 2.23. The minimum Gasteiger partial charge on any atom is -0.402 e. The number of thiol groups is 1. The van der Waals surface area contributed by atoms with E-state index >= 15 is 0 Å². The maximum atomic E-state index is 5.41. The highest BCUT2D eigenvalue weighted by Crippen LogP contribution is 2.10. The monoisotopic (exact) mass is 145 g/mol. The highest BCUT2D eigenvalue weighted by Gasteiger charge is 2.01. The van der Waals surface area contributed by atoms with E-state index in [9.17, 15) is 0 Å². The minimum absolute atomic E-state index is 0.199. The summed E-state index contributed by atoms with van der Waals surface area (Å²) in [5, 5.41) is 0.199. The fraction of sp³-hybridized carbons (Fsp3) is 0.714. The first-order valence-corrected chi connectivity index (χ1v) is 3.82. The van der Waals surface area contributed by atoms with Crippen LogP contribution in [0.5, 0.6) is 0 Å². The molecule has 0 saturated heterocycles. The van der Waals surface area contributed by atoms with Gasteiger partial charge in [0.2, 0.25) is 0 Å². The highest BCUT2D eigenvalue weighted by molar-refractivity contribution is 7.81. The topological polar surface area (TPSA) is 26.0 Å². The van der Waals surface area contributed by atoms with Gasteiger partial charge in [0.1, 0.15) is 0 Å². The molecular weight excluding hydrogens is 130 g/mol. The quantitative estimate of drug-likeness (QED) is 0.581. The van der Waals surface area contributed by atoms with Crippen LogP contribution in [0.3, 0.4) is 0 Å². The van der Waals surface area contributed by atoms with Gasteiger partial charge in [0, 0.05) is 10.9 Å². The molecule has 9 heavy (non-hydrogen) atoms. The van der Waals surface area contributed by atoms with Gasteiger partial charge in [-0.3, -0.25) is 0 Å². The SMILES string of the molecule is C=C(N)C(S)CCCC. The Morgan fingerprint density at radius 1 is 1.78 bits per heavy atom. The summed E-state index contributed by atoms with van der Waals surface area (Å²) in [6.45, 7) is 5.76. The number of nitrogens with two attached hydrogens (primary N) is 1. The van der Waals surface area contributed by atoms with Crippen molar-refractivity contribution >= 4 is 12.6 Å². The van der Waals surface area contributed by atoms with E-state index in [2.05, 4.69) is 26.1 Å². The third-order valence-corrected chi connectivity index (χ3v) is 1.85. The van der Waals surface area contributed by atoms with Crippen LogP contribution in [0.15, 0.2) is 12.3 Å². The molecule has 1 nitrogen and oxygen atoms in total. The van der Waals surface area contributed by atoms with Crippen LogP contribution in [0.1, 0.15) is 26.2 Å². The van der Waals surface area contributed by atoms with E-state index in [0.717, 1.165) is 6.42 Å². The molecule has 0 fully saturated rings. The van der Waals surface area contributed by atoms with Gasteiger partial charge in [-0.2, -0.15) is 12.6 Å². The molecule has 1 unspecified atom stereocenters. The van der Waals surface area contributed by atoms with Crippen molar-refractivity contribution in [2.45, 2.75) is 31.4 Å². The van der Waals surface area contributed by atoms with Crippen molar-refractivity contribution in [3.8, 4) is 0 Å². The Kier molecular flexibility index (Phi) is 4.68. The summed E-state index contributed by atoms with van der Waals surface area (Å²) in [6.07, 6.45) is 3.43. The lowest BCUT2D eigenvalue weighted by molar-refractivity contribution is 0.723. The first kappa shape index (κ1) is 8.89. The van der Waals surface area contributed by atoms with Gasteiger partial charge < -0.3 is 5.73 Å². The van der Waals surface area contributed by atoms with Crippen LogP contribution < -0.4 is 5.73 Å². The molecule has 0 heterocycles. The number of unbranched alkanes of at least 4 members (excludes halogenated alkanes) is 1. The van der Waals surface area contributed by atoms with E-state index in [1.54, 1.807) is 0 Å². The summed E-state index contributed by atoms with van der Waals surface area (Å²) < 4.78 is 0. The molecule has 0 aliphatic carbocycles. The van der Waals surface area contributed by atoms with Crippen LogP contribution in [0.2, 0.25) is 0 Å². The van der Waals surface area contributed by atoms with Crippen molar-refractivity contribution in [1.82, 2.24) is 0 Å². The Hall–Kier alpha value is -0.110. The predicted octanol–water partition coefficient (Wildman–Crippen LogP) is 1.95. The predicted molar refractivity (Wildman–Crippen MR) is 45.6 cm³/mol. The van der Waals surface area contributed by atoms with Crippen molar-refractivity contribution in [3.63, 3.8) is 0 Å². The fourth-order valence-corrected chi connectivity index (χ4v) is 0.765. The van der Waals surface area contributed by atoms with Gasteiger partial charge in [-0.05, 0) is 6.42 Å². The summed E-state index contributed by atoms with van der Waals surface area (Å²) >= 11 is 4.23. The Bertz CT molecular complexity index is 90.9. The van der Waals surface area contributed by atoms with Gasteiger partial charge >= 0.3 is 0 Å².